The molecule has 1 unspecified atom stereocenters. The van der Waals surface area contributed by atoms with Crippen LogP contribution in [0, 0.1) is 13.8 Å². The van der Waals surface area contributed by atoms with E-state index in [0.29, 0.717) is 0 Å². The minimum absolute atomic E-state index is 0.0473. The molecule has 0 fully saturated rings. The third-order valence-electron chi connectivity index (χ3n) is 3.40. The van der Waals surface area contributed by atoms with Gasteiger partial charge < -0.3 is 4.74 Å². The summed E-state index contributed by atoms with van der Waals surface area (Å²) in [5.74, 6) is 0.924. The van der Waals surface area contributed by atoms with E-state index in [0.717, 1.165) is 35.9 Å². The van der Waals surface area contributed by atoms with Crippen LogP contribution in [-0.4, -0.2) is 7.11 Å². The summed E-state index contributed by atoms with van der Waals surface area (Å²) in [6.07, 6.45) is 0. The molecule has 5 heteroatoms. The van der Waals surface area contributed by atoms with Crippen molar-refractivity contribution < 1.29 is 4.74 Å². The van der Waals surface area contributed by atoms with E-state index in [1.165, 1.54) is 5.56 Å². The molecule has 0 aliphatic rings. The molecule has 0 saturated heterocycles. The topological polar surface area (TPSA) is 9.23 Å². The van der Waals surface area contributed by atoms with Crippen LogP contribution >= 0.6 is 63.7 Å². The normalized spacial score (nSPS) is 12.3. The Kier molecular flexibility index (Phi) is 5.97. The molecule has 2 aromatic carbocycles. The van der Waals surface area contributed by atoms with Crippen molar-refractivity contribution in [1.29, 1.82) is 0 Å². The van der Waals surface area contributed by atoms with E-state index >= 15 is 0 Å². The summed E-state index contributed by atoms with van der Waals surface area (Å²) >= 11 is 14.6. The van der Waals surface area contributed by atoms with Crippen molar-refractivity contribution in [3.63, 3.8) is 0 Å². The predicted molar refractivity (Wildman–Crippen MR) is 103 cm³/mol. The van der Waals surface area contributed by atoms with Crippen LogP contribution in [0.15, 0.2) is 37.7 Å². The number of aryl methyl sites for hydroxylation is 1. The van der Waals surface area contributed by atoms with E-state index < -0.39 is 0 Å². The third kappa shape index (κ3) is 3.57. The van der Waals surface area contributed by atoms with Gasteiger partial charge in [-0.1, -0.05) is 69.8 Å². The molecule has 0 heterocycles. The van der Waals surface area contributed by atoms with Gasteiger partial charge in [0.25, 0.3) is 0 Å². The highest BCUT2D eigenvalue weighted by molar-refractivity contribution is 9.11. The highest BCUT2D eigenvalue weighted by atomic mass is 79.9. The Morgan fingerprint density at radius 1 is 1.00 bits per heavy atom. The summed E-state index contributed by atoms with van der Waals surface area (Å²) in [5.41, 5.74) is 4.60. The van der Waals surface area contributed by atoms with Gasteiger partial charge in [0.05, 0.1) is 11.9 Å². The van der Waals surface area contributed by atoms with Crippen molar-refractivity contribution in [1.82, 2.24) is 0 Å². The number of rotatable bonds is 3. The quantitative estimate of drug-likeness (QED) is 0.377. The Morgan fingerprint density at radius 2 is 1.67 bits per heavy atom. The summed E-state index contributed by atoms with van der Waals surface area (Å²) in [6.45, 7) is 4.16. The molecule has 1 nitrogen and oxygen atoms in total. The minimum atomic E-state index is 0.0473. The maximum Gasteiger partial charge on any atom is 0.126 e. The predicted octanol–water partition coefficient (Wildman–Crippen LogP) is 7.08. The number of hydrogen-bond acceptors (Lipinski definition) is 1. The zero-order valence-corrected chi connectivity index (χ0v) is 18.2. The van der Waals surface area contributed by atoms with Crippen LogP contribution in [0.2, 0.25) is 0 Å². The van der Waals surface area contributed by atoms with Gasteiger partial charge >= 0.3 is 0 Å². The molecular weight excluding hydrogens is 528 g/mol. The molecule has 0 N–H and O–H groups in total. The van der Waals surface area contributed by atoms with Gasteiger partial charge in [-0.05, 0) is 48.7 Å². The fraction of sp³-hybridized carbons (Fsp3) is 0.250. The Balaban J connectivity index is 2.65. The average Bonchev–Trinajstić information content (AvgIpc) is 2.41. The van der Waals surface area contributed by atoms with Gasteiger partial charge in [0.1, 0.15) is 5.75 Å². The number of alkyl halides is 1. The highest BCUT2D eigenvalue weighted by Crippen LogP contribution is 2.45. The zero-order chi connectivity index (χ0) is 15.7. The van der Waals surface area contributed by atoms with Gasteiger partial charge in [-0.2, -0.15) is 0 Å². The summed E-state index contributed by atoms with van der Waals surface area (Å²) in [6, 6.07) is 8.29. The molecule has 0 saturated carbocycles. The minimum Gasteiger partial charge on any atom is -0.496 e. The fourth-order valence-electron chi connectivity index (χ4n) is 2.31. The van der Waals surface area contributed by atoms with Crippen molar-refractivity contribution in [2.24, 2.45) is 0 Å². The zero-order valence-electron chi connectivity index (χ0n) is 11.8. The Bertz CT molecular complexity index is 682. The fourth-order valence-corrected chi connectivity index (χ4v) is 5.40. The second-order valence-electron chi connectivity index (χ2n) is 4.78. The van der Waals surface area contributed by atoms with Crippen molar-refractivity contribution in [2.75, 3.05) is 7.11 Å². The summed E-state index contributed by atoms with van der Waals surface area (Å²) in [5, 5.41) is 0. The van der Waals surface area contributed by atoms with E-state index in [1.807, 2.05) is 6.07 Å². The standard InChI is InChI=1S/C16H14Br4O/c1-8-6-12(18)9(2)14(16(8)21-3)15(20)11-5-4-10(17)7-13(11)19/h4-7,15H,1-3H3. The van der Waals surface area contributed by atoms with Crippen LogP contribution in [0.5, 0.6) is 5.75 Å². The number of benzene rings is 2. The van der Waals surface area contributed by atoms with Crippen LogP contribution in [0.4, 0.5) is 0 Å². The van der Waals surface area contributed by atoms with Crippen LogP contribution in [0.25, 0.3) is 0 Å². The van der Waals surface area contributed by atoms with Gasteiger partial charge in [-0.3, -0.25) is 0 Å². The van der Waals surface area contributed by atoms with Gasteiger partial charge in [0.2, 0.25) is 0 Å². The molecule has 2 rings (SSSR count). The molecule has 0 aromatic heterocycles. The maximum absolute atomic E-state index is 5.64. The van der Waals surface area contributed by atoms with Crippen molar-refractivity contribution in [3.05, 3.63) is 59.9 Å². The van der Waals surface area contributed by atoms with E-state index in [-0.39, 0.29) is 4.83 Å². The Labute approximate surface area is 159 Å². The van der Waals surface area contributed by atoms with E-state index in [9.17, 15) is 0 Å². The van der Waals surface area contributed by atoms with Crippen LogP contribution in [-0.2, 0) is 0 Å². The molecule has 1 atom stereocenters. The Morgan fingerprint density at radius 3 is 2.24 bits per heavy atom. The summed E-state index contributed by atoms with van der Waals surface area (Å²) < 4.78 is 8.84. The molecule has 0 aliphatic carbocycles. The Hall–Kier alpha value is 0.160. The first-order valence-corrected chi connectivity index (χ1v) is 9.58. The van der Waals surface area contributed by atoms with E-state index in [4.69, 9.17) is 4.74 Å². The summed E-state index contributed by atoms with van der Waals surface area (Å²) in [7, 11) is 1.72. The van der Waals surface area contributed by atoms with Gasteiger partial charge in [-0.15, -0.1) is 0 Å². The van der Waals surface area contributed by atoms with E-state index in [2.05, 4.69) is 95.8 Å². The molecule has 0 radical (unpaired) electrons. The maximum atomic E-state index is 5.64. The van der Waals surface area contributed by atoms with Crippen LogP contribution < -0.4 is 4.74 Å². The molecule has 0 aliphatic heterocycles. The lowest BCUT2D eigenvalue weighted by atomic mass is 9.97. The van der Waals surface area contributed by atoms with Gasteiger partial charge in [0, 0.05) is 19.0 Å². The van der Waals surface area contributed by atoms with Gasteiger partial charge in [0.15, 0.2) is 0 Å². The number of hydrogen-bond donors (Lipinski definition) is 0. The number of halogens is 4. The number of methoxy groups -OCH3 is 1. The average molecular weight is 542 g/mol. The van der Waals surface area contributed by atoms with Crippen LogP contribution in [0.3, 0.4) is 0 Å². The molecule has 112 valence electrons. The molecule has 21 heavy (non-hydrogen) atoms. The van der Waals surface area contributed by atoms with Gasteiger partial charge in [-0.25, -0.2) is 0 Å². The molecule has 0 spiro atoms. The monoisotopic (exact) mass is 538 g/mol. The van der Waals surface area contributed by atoms with E-state index in [1.54, 1.807) is 7.11 Å². The molecule has 2 aromatic rings. The first kappa shape index (κ1) is 17.5. The second-order valence-corrected chi connectivity index (χ2v) is 8.32. The van der Waals surface area contributed by atoms with Crippen molar-refractivity contribution >= 4 is 63.7 Å². The smallest absolute Gasteiger partial charge is 0.126 e. The number of ether oxygens (including phenoxy) is 1. The molecule has 0 amide bonds. The highest BCUT2D eigenvalue weighted by Gasteiger charge is 2.23. The lowest BCUT2D eigenvalue weighted by molar-refractivity contribution is 0.406. The third-order valence-corrected chi connectivity index (χ3v) is 6.36. The SMILES string of the molecule is COc1c(C)cc(Br)c(C)c1C(Br)c1ccc(Br)cc1Br. The molecular formula is C16H14Br4O. The lowest BCUT2D eigenvalue weighted by Gasteiger charge is -2.21. The molecule has 0 bridgehead atoms. The largest absolute Gasteiger partial charge is 0.496 e. The van der Waals surface area contributed by atoms with Crippen molar-refractivity contribution in [3.8, 4) is 5.75 Å². The first-order chi connectivity index (χ1) is 9.86. The van der Waals surface area contributed by atoms with Crippen molar-refractivity contribution in [2.45, 2.75) is 18.7 Å². The summed E-state index contributed by atoms with van der Waals surface area (Å²) in [4.78, 5) is 0.0473. The second kappa shape index (κ2) is 7.16. The lowest BCUT2D eigenvalue weighted by Crippen LogP contribution is -2.03. The van der Waals surface area contributed by atoms with Crippen LogP contribution in [0.1, 0.15) is 27.1 Å². The first-order valence-electron chi connectivity index (χ1n) is 6.29.